The Balaban J connectivity index is 1.96. The summed E-state index contributed by atoms with van der Waals surface area (Å²) < 4.78 is 10.7. The molecule has 0 fully saturated rings. The summed E-state index contributed by atoms with van der Waals surface area (Å²) in [4.78, 5) is 16.2. The van der Waals surface area contributed by atoms with Crippen LogP contribution in [0.15, 0.2) is 29.6 Å². The number of aryl methyl sites for hydroxylation is 1. The topological polar surface area (TPSA) is 60.5 Å². The summed E-state index contributed by atoms with van der Waals surface area (Å²) in [5.41, 5.74) is 0.881. The summed E-state index contributed by atoms with van der Waals surface area (Å²) in [6.07, 6.45) is -0.619. The third-order valence-electron chi connectivity index (χ3n) is 2.57. The number of anilines is 1. The average Bonchev–Trinajstić information content (AvgIpc) is 2.84. The average molecular weight is 292 g/mol. The molecule has 1 N–H and O–H groups in total. The molecule has 1 heterocycles. The zero-order valence-electron chi connectivity index (χ0n) is 11.5. The molecule has 0 aliphatic heterocycles. The van der Waals surface area contributed by atoms with Gasteiger partial charge in [-0.25, -0.2) is 4.98 Å². The van der Waals surface area contributed by atoms with Crippen molar-refractivity contribution in [2.24, 2.45) is 0 Å². The van der Waals surface area contributed by atoms with Gasteiger partial charge in [0.05, 0.1) is 12.8 Å². The minimum atomic E-state index is -0.619. The second-order valence-corrected chi connectivity index (χ2v) is 5.08. The van der Waals surface area contributed by atoms with E-state index in [4.69, 9.17) is 9.47 Å². The SMILES string of the molecule is COc1cccc(OC(C)C(=O)Nc2nc(C)cs2)c1. The van der Waals surface area contributed by atoms with Gasteiger partial charge < -0.3 is 9.47 Å². The van der Waals surface area contributed by atoms with Crippen LogP contribution in [0.25, 0.3) is 0 Å². The monoisotopic (exact) mass is 292 g/mol. The highest BCUT2D eigenvalue weighted by Crippen LogP contribution is 2.20. The molecule has 1 aromatic heterocycles. The van der Waals surface area contributed by atoms with Crippen LogP contribution in [0, 0.1) is 6.92 Å². The van der Waals surface area contributed by atoms with Crippen LogP contribution >= 0.6 is 11.3 Å². The molecule has 1 aromatic carbocycles. The van der Waals surface area contributed by atoms with Gasteiger partial charge in [-0.05, 0) is 26.0 Å². The second-order valence-electron chi connectivity index (χ2n) is 4.22. The Hall–Kier alpha value is -2.08. The normalized spacial score (nSPS) is 11.8. The zero-order valence-corrected chi connectivity index (χ0v) is 12.4. The number of benzene rings is 1. The largest absolute Gasteiger partial charge is 0.497 e. The molecular weight excluding hydrogens is 276 g/mol. The molecule has 106 valence electrons. The van der Waals surface area contributed by atoms with Crippen LogP contribution in [-0.4, -0.2) is 24.1 Å². The van der Waals surface area contributed by atoms with E-state index in [0.717, 1.165) is 5.69 Å². The number of carbonyl (C=O) groups excluding carboxylic acids is 1. The molecule has 1 amide bonds. The number of hydrogen-bond donors (Lipinski definition) is 1. The molecule has 0 saturated heterocycles. The fourth-order valence-electron chi connectivity index (χ4n) is 1.55. The van der Waals surface area contributed by atoms with Gasteiger partial charge in [0.1, 0.15) is 11.5 Å². The van der Waals surface area contributed by atoms with Crippen LogP contribution in [-0.2, 0) is 4.79 Å². The number of methoxy groups -OCH3 is 1. The van der Waals surface area contributed by atoms with Crippen molar-refractivity contribution in [1.82, 2.24) is 4.98 Å². The lowest BCUT2D eigenvalue weighted by Gasteiger charge is -2.14. The minimum Gasteiger partial charge on any atom is -0.497 e. The number of nitrogens with zero attached hydrogens (tertiary/aromatic N) is 1. The number of carbonyl (C=O) groups is 1. The van der Waals surface area contributed by atoms with Gasteiger partial charge in [0, 0.05) is 11.4 Å². The highest BCUT2D eigenvalue weighted by atomic mass is 32.1. The summed E-state index contributed by atoms with van der Waals surface area (Å²) in [6.45, 7) is 3.57. The maximum atomic E-state index is 12.0. The number of amides is 1. The minimum absolute atomic E-state index is 0.234. The van der Waals surface area contributed by atoms with Crippen molar-refractivity contribution < 1.29 is 14.3 Å². The van der Waals surface area contributed by atoms with E-state index in [9.17, 15) is 4.79 Å². The van der Waals surface area contributed by atoms with Crippen LogP contribution in [0.5, 0.6) is 11.5 Å². The first-order chi connectivity index (χ1) is 9.58. The second kappa shape index (κ2) is 6.38. The van der Waals surface area contributed by atoms with Crippen molar-refractivity contribution in [3.8, 4) is 11.5 Å². The van der Waals surface area contributed by atoms with E-state index in [0.29, 0.717) is 16.6 Å². The fourth-order valence-corrected chi connectivity index (χ4v) is 2.24. The van der Waals surface area contributed by atoms with Crippen molar-refractivity contribution in [3.05, 3.63) is 35.3 Å². The van der Waals surface area contributed by atoms with E-state index < -0.39 is 6.10 Å². The lowest BCUT2D eigenvalue weighted by atomic mass is 10.3. The molecule has 1 atom stereocenters. The first kappa shape index (κ1) is 14.3. The zero-order chi connectivity index (χ0) is 14.5. The highest BCUT2D eigenvalue weighted by molar-refractivity contribution is 7.13. The number of thiazole rings is 1. The van der Waals surface area contributed by atoms with Crippen molar-refractivity contribution in [3.63, 3.8) is 0 Å². The fraction of sp³-hybridized carbons (Fsp3) is 0.286. The smallest absolute Gasteiger partial charge is 0.266 e. The summed E-state index contributed by atoms with van der Waals surface area (Å²) in [5.74, 6) is 1.04. The van der Waals surface area contributed by atoms with Gasteiger partial charge in [-0.2, -0.15) is 0 Å². The Bertz CT molecular complexity index is 598. The van der Waals surface area contributed by atoms with E-state index in [-0.39, 0.29) is 5.91 Å². The van der Waals surface area contributed by atoms with Crippen molar-refractivity contribution in [2.45, 2.75) is 20.0 Å². The number of nitrogens with one attached hydrogen (secondary N) is 1. The summed E-state index contributed by atoms with van der Waals surface area (Å²) in [7, 11) is 1.58. The maximum Gasteiger partial charge on any atom is 0.266 e. The standard InChI is InChI=1S/C14H16N2O3S/c1-9-8-20-14(15-9)16-13(17)10(2)19-12-6-4-5-11(7-12)18-3/h4-8,10H,1-3H3,(H,15,16,17). The molecule has 0 radical (unpaired) electrons. The predicted molar refractivity (Wildman–Crippen MR) is 78.6 cm³/mol. The summed E-state index contributed by atoms with van der Waals surface area (Å²) in [5, 5.41) is 5.18. The van der Waals surface area contributed by atoms with Crippen LogP contribution < -0.4 is 14.8 Å². The third-order valence-corrected chi connectivity index (χ3v) is 3.45. The molecule has 0 aliphatic rings. The van der Waals surface area contributed by atoms with Gasteiger partial charge in [0.2, 0.25) is 0 Å². The number of aromatic nitrogens is 1. The molecule has 2 rings (SSSR count). The summed E-state index contributed by atoms with van der Waals surface area (Å²) in [6, 6.07) is 7.14. The molecular formula is C14H16N2O3S. The van der Waals surface area contributed by atoms with Crippen LogP contribution in [0.1, 0.15) is 12.6 Å². The van der Waals surface area contributed by atoms with Gasteiger partial charge in [0.15, 0.2) is 11.2 Å². The Morgan fingerprint density at radius 2 is 2.15 bits per heavy atom. The van der Waals surface area contributed by atoms with E-state index in [1.165, 1.54) is 11.3 Å². The molecule has 0 bridgehead atoms. The molecule has 1 unspecified atom stereocenters. The van der Waals surface area contributed by atoms with E-state index in [1.807, 2.05) is 24.4 Å². The van der Waals surface area contributed by atoms with E-state index in [2.05, 4.69) is 10.3 Å². The number of rotatable bonds is 5. The molecule has 0 aliphatic carbocycles. The van der Waals surface area contributed by atoms with Crippen molar-refractivity contribution >= 4 is 22.4 Å². The maximum absolute atomic E-state index is 12.0. The Kier molecular flexibility index (Phi) is 4.57. The Morgan fingerprint density at radius 3 is 2.80 bits per heavy atom. The Morgan fingerprint density at radius 1 is 1.40 bits per heavy atom. The highest BCUT2D eigenvalue weighted by Gasteiger charge is 2.16. The summed E-state index contributed by atoms with van der Waals surface area (Å²) >= 11 is 1.39. The van der Waals surface area contributed by atoms with E-state index >= 15 is 0 Å². The molecule has 2 aromatic rings. The van der Waals surface area contributed by atoms with Crippen molar-refractivity contribution in [2.75, 3.05) is 12.4 Å². The lowest BCUT2D eigenvalue weighted by molar-refractivity contribution is -0.122. The van der Waals surface area contributed by atoms with Crippen LogP contribution in [0.3, 0.4) is 0 Å². The van der Waals surface area contributed by atoms with E-state index in [1.54, 1.807) is 26.2 Å². The van der Waals surface area contributed by atoms with Gasteiger partial charge in [0.25, 0.3) is 5.91 Å². The van der Waals surface area contributed by atoms with Gasteiger partial charge in [-0.3, -0.25) is 10.1 Å². The van der Waals surface area contributed by atoms with Crippen molar-refractivity contribution in [1.29, 1.82) is 0 Å². The Labute approximate surface area is 121 Å². The quantitative estimate of drug-likeness (QED) is 0.920. The molecule has 6 heteroatoms. The van der Waals surface area contributed by atoms with Gasteiger partial charge >= 0.3 is 0 Å². The lowest BCUT2D eigenvalue weighted by Crippen LogP contribution is -2.30. The molecule has 20 heavy (non-hydrogen) atoms. The van der Waals surface area contributed by atoms with Crippen LogP contribution in [0.2, 0.25) is 0 Å². The van der Waals surface area contributed by atoms with Gasteiger partial charge in [-0.15, -0.1) is 11.3 Å². The van der Waals surface area contributed by atoms with Crippen LogP contribution in [0.4, 0.5) is 5.13 Å². The predicted octanol–water partition coefficient (Wildman–Crippen LogP) is 2.87. The molecule has 0 saturated carbocycles. The molecule has 0 spiro atoms. The van der Waals surface area contributed by atoms with Gasteiger partial charge in [-0.1, -0.05) is 6.07 Å². The number of hydrogen-bond acceptors (Lipinski definition) is 5. The number of ether oxygens (including phenoxy) is 2. The first-order valence-electron chi connectivity index (χ1n) is 6.12. The first-order valence-corrected chi connectivity index (χ1v) is 7.00. The third kappa shape index (κ3) is 3.71. The molecule has 5 nitrogen and oxygen atoms in total.